The Kier molecular flexibility index (Phi) is 5.24. The molecule has 1 aromatic carbocycles. The second-order valence-corrected chi connectivity index (χ2v) is 6.84. The first-order chi connectivity index (χ1) is 10.8. The number of rotatable bonds is 6. The molecule has 1 aliphatic carbocycles. The quantitative estimate of drug-likeness (QED) is 0.752. The summed E-state index contributed by atoms with van der Waals surface area (Å²) in [5, 5.41) is 15.1. The fourth-order valence-corrected chi connectivity index (χ4v) is 2.79. The molecule has 0 spiro atoms. The molecule has 2 amide bonds. The molecule has 1 aliphatic rings. The number of carbonyl (C=O) groups excluding carboxylic acids is 1. The van der Waals surface area contributed by atoms with E-state index in [2.05, 4.69) is 10.6 Å². The maximum Gasteiger partial charge on any atom is 0.315 e. The van der Waals surface area contributed by atoms with Crippen LogP contribution in [0.5, 0.6) is 0 Å². The van der Waals surface area contributed by atoms with E-state index in [1.165, 1.54) is 12.1 Å². The van der Waals surface area contributed by atoms with Gasteiger partial charge in [0.05, 0.1) is 18.2 Å². The second-order valence-electron chi connectivity index (χ2n) is 6.84. The van der Waals surface area contributed by atoms with Crippen molar-refractivity contribution in [3.63, 3.8) is 0 Å². The fourth-order valence-electron chi connectivity index (χ4n) is 2.79. The van der Waals surface area contributed by atoms with Gasteiger partial charge in [-0.2, -0.15) is 0 Å². The Hall–Kier alpha value is -1.69. The van der Waals surface area contributed by atoms with Crippen molar-refractivity contribution in [2.24, 2.45) is 11.8 Å². The number of hydrogen-bond acceptors (Lipinski definition) is 2. The largest absolute Gasteiger partial charge is 0.394 e. The highest BCUT2D eigenvalue weighted by Gasteiger charge is 2.42. The number of carbonyl (C=O) groups is 1. The highest BCUT2D eigenvalue weighted by atomic mass is 19.1. The first-order valence-electron chi connectivity index (χ1n) is 7.91. The Morgan fingerprint density at radius 3 is 2.52 bits per heavy atom. The standard InChI is InChI=1S/C17H24F2N2O2/c1-10(2)15(13-7-6-12(18)8-14(13)19)20-16(23)21-17(3,9-22)11-4-5-11/h6-8,10-11,15,22H,4-5,9H2,1-3H3,(H2,20,21,23). The number of hydrogen-bond donors (Lipinski definition) is 3. The average molecular weight is 326 g/mol. The van der Waals surface area contributed by atoms with Gasteiger partial charge in [0, 0.05) is 11.6 Å². The lowest BCUT2D eigenvalue weighted by atomic mass is 9.95. The summed E-state index contributed by atoms with van der Waals surface area (Å²) in [6.07, 6.45) is 1.94. The number of nitrogens with one attached hydrogen (secondary N) is 2. The van der Waals surface area contributed by atoms with Crippen LogP contribution in [0.25, 0.3) is 0 Å². The van der Waals surface area contributed by atoms with E-state index in [1.54, 1.807) is 6.92 Å². The summed E-state index contributed by atoms with van der Waals surface area (Å²) in [6.45, 7) is 5.34. The third kappa shape index (κ3) is 4.19. The summed E-state index contributed by atoms with van der Waals surface area (Å²) < 4.78 is 27.1. The minimum Gasteiger partial charge on any atom is -0.394 e. The van der Waals surface area contributed by atoms with Crippen LogP contribution in [0.3, 0.4) is 0 Å². The van der Waals surface area contributed by atoms with Gasteiger partial charge in [-0.05, 0) is 37.7 Å². The summed E-state index contributed by atoms with van der Waals surface area (Å²) in [4.78, 5) is 12.3. The molecule has 0 aliphatic heterocycles. The van der Waals surface area contributed by atoms with Gasteiger partial charge in [0.15, 0.2) is 0 Å². The molecule has 6 heteroatoms. The van der Waals surface area contributed by atoms with Gasteiger partial charge in [0.2, 0.25) is 0 Å². The van der Waals surface area contributed by atoms with Crippen LogP contribution in [0, 0.1) is 23.5 Å². The van der Waals surface area contributed by atoms with E-state index in [0.29, 0.717) is 0 Å². The summed E-state index contributed by atoms with van der Waals surface area (Å²) in [5.41, 5.74) is -0.430. The molecular formula is C17H24F2N2O2. The van der Waals surface area contributed by atoms with Crippen LogP contribution in [0.1, 0.15) is 45.2 Å². The van der Waals surface area contributed by atoms with Gasteiger partial charge in [0.1, 0.15) is 11.6 Å². The van der Waals surface area contributed by atoms with Crippen LogP contribution in [0.15, 0.2) is 18.2 Å². The summed E-state index contributed by atoms with van der Waals surface area (Å²) in [5.74, 6) is -1.16. The molecule has 0 bridgehead atoms. The number of aliphatic hydroxyl groups excluding tert-OH is 1. The molecule has 0 radical (unpaired) electrons. The Labute approximate surface area is 135 Å². The second kappa shape index (κ2) is 6.83. The van der Waals surface area contributed by atoms with Gasteiger partial charge < -0.3 is 15.7 Å². The van der Waals surface area contributed by atoms with Crippen LogP contribution in [0.4, 0.5) is 13.6 Å². The lowest BCUT2D eigenvalue weighted by Gasteiger charge is -2.31. The van der Waals surface area contributed by atoms with Crippen molar-refractivity contribution in [1.82, 2.24) is 10.6 Å². The van der Waals surface area contributed by atoms with Gasteiger partial charge in [-0.3, -0.25) is 0 Å². The molecule has 1 fully saturated rings. The minimum atomic E-state index is -0.684. The Bertz CT molecular complexity index is 576. The van der Waals surface area contributed by atoms with Crippen molar-refractivity contribution in [2.45, 2.75) is 45.2 Å². The van der Waals surface area contributed by atoms with Crippen LogP contribution >= 0.6 is 0 Å². The van der Waals surface area contributed by atoms with Crippen molar-refractivity contribution in [3.05, 3.63) is 35.4 Å². The van der Waals surface area contributed by atoms with Crippen molar-refractivity contribution in [1.29, 1.82) is 0 Å². The van der Waals surface area contributed by atoms with Gasteiger partial charge in [-0.1, -0.05) is 19.9 Å². The maximum atomic E-state index is 14.0. The van der Waals surface area contributed by atoms with Crippen molar-refractivity contribution in [3.8, 4) is 0 Å². The van der Waals surface area contributed by atoms with Crippen molar-refractivity contribution < 1.29 is 18.7 Å². The van der Waals surface area contributed by atoms with Gasteiger partial charge in [-0.15, -0.1) is 0 Å². The number of halogens is 2. The van der Waals surface area contributed by atoms with E-state index < -0.39 is 29.2 Å². The third-order valence-electron chi connectivity index (χ3n) is 4.46. The smallest absolute Gasteiger partial charge is 0.315 e. The number of amides is 2. The zero-order valence-corrected chi connectivity index (χ0v) is 13.7. The van der Waals surface area contributed by atoms with Crippen molar-refractivity contribution >= 4 is 6.03 Å². The molecule has 0 aromatic heterocycles. The van der Waals surface area contributed by atoms with E-state index in [-0.39, 0.29) is 24.0 Å². The predicted molar refractivity (Wildman–Crippen MR) is 83.8 cm³/mol. The lowest BCUT2D eigenvalue weighted by Crippen LogP contribution is -2.55. The third-order valence-corrected chi connectivity index (χ3v) is 4.46. The molecule has 0 saturated heterocycles. The fraction of sp³-hybridized carbons (Fsp3) is 0.588. The van der Waals surface area contributed by atoms with E-state index >= 15 is 0 Å². The molecule has 2 atom stereocenters. The Morgan fingerprint density at radius 1 is 1.39 bits per heavy atom. The highest BCUT2D eigenvalue weighted by Crippen LogP contribution is 2.39. The molecule has 0 heterocycles. The van der Waals surface area contributed by atoms with Crippen LogP contribution in [-0.4, -0.2) is 23.3 Å². The normalized spacial score (nSPS) is 18.4. The van der Waals surface area contributed by atoms with E-state index in [9.17, 15) is 18.7 Å². The van der Waals surface area contributed by atoms with Gasteiger partial charge in [-0.25, -0.2) is 13.6 Å². The molecule has 2 rings (SSSR count). The average Bonchev–Trinajstić information content (AvgIpc) is 3.30. The van der Waals surface area contributed by atoms with E-state index in [4.69, 9.17) is 0 Å². The topological polar surface area (TPSA) is 61.4 Å². The number of benzene rings is 1. The zero-order chi connectivity index (χ0) is 17.2. The van der Waals surface area contributed by atoms with Crippen molar-refractivity contribution in [2.75, 3.05) is 6.61 Å². The maximum absolute atomic E-state index is 14.0. The van der Waals surface area contributed by atoms with Crippen LogP contribution in [-0.2, 0) is 0 Å². The minimum absolute atomic E-state index is 0.0815. The Morgan fingerprint density at radius 2 is 2.04 bits per heavy atom. The summed E-state index contributed by atoms with van der Waals surface area (Å²) in [6, 6.07) is 2.29. The first kappa shape index (κ1) is 17.7. The van der Waals surface area contributed by atoms with E-state index in [0.717, 1.165) is 18.9 Å². The first-order valence-corrected chi connectivity index (χ1v) is 7.91. The lowest BCUT2D eigenvalue weighted by molar-refractivity contribution is 0.153. The molecule has 128 valence electrons. The molecule has 1 saturated carbocycles. The number of urea groups is 1. The van der Waals surface area contributed by atoms with Crippen LogP contribution in [0.2, 0.25) is 0 Å². The van der Waals surface area contributed by atoms with E-state index in [1.807, 2.05) is 13.8 Å². The Balaban J connectivity index is 2.11. The number of aliphatic hydroxyl groups is 1. The highest BCUT2D eigenvalue weighted by molar-refractivity contribution is 5.75. The molecule has 1 aromatic rings. The molecular weight excluding hydrogens is 302 g/mol. The zero-order valence-electron chi connectivity index (χ0n) is 13.7. The predicted octanol–water partition coefficient (Wildman–Crippen LogP) is 3.12. The van der Waals surface area contributed by atoms with Gasteiger partial charge >= 0.3 is 6.03 Å². The van der Waals surface area contributed by atoms with Gasteiger partial charge in [0.25, 0.3) is 0 Å². The monoisotopic (exact) mass is 326 g/mol. The molecule has 3 N–H and O–H groups in total. The summed E-state index contributed by atoms with van der Waals surface area (Å²) >= 11 is 0. The SMILES string of the molecule is CC(C)C(NC(=O)NC(C)(CO)C1CC1)c1ccc(F)cc1F. The van der Waals surface area contributed by atoms with Crippen LogP contribution < -0.4 is 10.6 Å². The molecule has 23 heavy (non-hydrogen) atoms. The summed E-state index contributed by atoms with van der Waals surface area (Å²) in [7, 11) is 0. The molecule has 2 unspecified atom stereocenters. The molecule has 4 nitrogen and oxygen atoms in total.